The SMILES string of the molecule is Cc1ccc(C#CCC=O)c(Cl)c1. The number of hydrogen-bond acceptors (Lipinski definition) is 1. The molecule has 0 aromatic heterocycles. The molecule has 0 spiro atoms. The van der Waals surface area contributed by atoms with Crippen molar-refractivity contribution in [2.45, 2.75) is 13.3 Å². The highest BCUT2D eigenvalue weighted by atomic mass is 35.5. The van der Waals surface area contributed by atoms with Crippen LogP contribution in [-0.2, 0) is 4.79 Å². The van der Waals surface area contributed by atoms with E-state index in [0.717, 1.165) is 17.4 Å². The number of halogens is 1. The zero-order valence-electron chi connectivity index (χ0n) is 7.30. The van der Waals surface area contributed by atoms with E-state index in [1.165, 1.54) is 0 Å². The summed E-state index contributed by atoms with van der Waals surface area (Å²) >= 11 is 5.92. The van der Waals surface area contributed by atoms with Crippen LogP contribution in [0, 0.1) is 18.8 Å². The average Bonchev–Trinajstić information content (AvgIpc) is 2.09. The lowest BCUT2D eigenvalue weighted by Gasteiger charge is -1.96. The van der Waals surface area contributed by atoms with Gasteiger partial charge in [-0.2, -0.15) is 0 Å². The van der Waals surface area contributed by atoms with E-state index in [-0.39, 0.29) is 6.42 Å². The Morgan fingerprint density at radius 3 is 2.92 bits per heavy atom. The van der Waals surface area contributed by atoms with Gasteiger partial charge in [0.15, 0.2) is 0 Å². The third kappa shape index (κ3) is 2.93. The minimum Gasteiger partial charge on any atom is -0.302 e. The van der Waals surface area contributed by atoms with E-state index in [1.807, 2.05) is 25.1 Å². The summed E-state index contributed by atoms with van der Waals surface area (Å²) in [6.07, 6.45) is 1.03. The molecule has 0 aliphatic heterocycles. The molecule has 0 aliphatic carbocycles. The van der Waals surface area contributed by atoms with Crippen molar-refractivity contribution in [3.05, 3.63) is 34.3 Å². The predicted molar refractivity (Wildman–Crippen MR) is 53.7 cm³/mol. The Labute approximate surface area is 82.7 Å². The fraction of sp³-hybridized carbons (Fsp3) is 0.182. The van der Waals surface area contributed by atoms with Crippen molar-refractivity contribution in [3.8, 4) is 11.8 Å². The van der Waals surface area contributed by atoms with Gasteiger partial charge in [-0.15, -0.1) is 0 Å². The molecule has 0 aliphatic rings. The molecule has 0 heterocycles. The monoisotopic (exact) mass is 192 g/mol. The topological polar surface area (TPSA) is 17.1 Å². The lowest BCUT2D eigenvalue weighted by Crippen LogP contribution is -1.79. The average molecular weight is 193 g/mol. The van der Waals surface area contributed by atoms with Crippen LogP contribution in [0.1, 0.15) is 17.5 Å². The third-order valence-electron chi connectivity index (χ3n) is 1.53. The normalized spacial score (nSPS) is 8.77. The van der Waals surface area contributed by atoms with Gasteiger partial charge in [-0.05, 0) is 24.6 Å². The lowest BCUT2D eigenvalue weighted by atomic mass is 10.1. The van der Waals surface area contributed by atoms with Crippen LogP contribution in [0.5, 0.6) is 0 Å². The number of aryl methyl sites for hydroxylation is 1. The van der Waals surface area contributed by atoms with Crippen molar-refractivity contribution in [2.75, 3.05) is 0 Å². The van der Waals surface area contributed by atoms with E-state index in [0.29, 0.717) is 5.02 Å². The van der Waals surface area contributed by atoms with E-state index in [2.05, 4.69) is 11.8 Å². The predicted octanol–water partition coefficient (Wildman–Crippen LogP) is 2.59. The second-order valence-electron chi connectivity index (χ2n) is 2.66. The van der Waals surface area contributed by atoms with Crippen LogP contribution in [0.15, 0.2) is 18.2 Å². The number of carbonyl (C=O) groups excluding carboxylic acids is 1. The fourth-order valence-electron chi connectivity index (χ4n) is 0.909. The Hall–Kier alpha value is -1.26. The van der Waals surface area contributed by atoms with Crippen LogP contribution in [0.3, 0.4) is 0 Å². The molecule has 13 heavy (non-hydrogen) atoms. The molecule has 1 aromatic rings. The van der Waals surface area contributed by atoms with Crippen molar-refractivity contribution < 1.29 is 4.79 Å². The van der Waals surface area contributed by atoms with Gasteiger partial charge in [0.05, 0.1) is 11.4 Å². The van der Waals surface area contributed by atoms with Gasteiger partial charge in [-0.1, -0.05) is 29.5 Å². The molecule has 0 saturated carbocycles. The Morgan fingerprint density at radius 1 is 1.54 bits per heavy atom. The van der Waals surface area contributed by atoms with Crippen LogP contribution >= 0.6 is 11.6 Å². The zero-order chi connectivity index (χ0) is 9.68. The molecular formula is C11H9ClO. The van der Waals surface area contributed by atoms with Gasteiger partial charge in [0.1, 0.15) is 6.29 Å². The molecule has 0 fully saturated rings. The first-order valence-corrected chi connectivity index (χ1v) is 4.30. The van der Waals surface area contributed by atoms with Gasteiger partial charge in [-0.3, -0.25) is 0 Å². The Morgan fingerprint density at radius 2 is 2.31 bits per heavy atom. The second kappa shape index (κ2) is 4.69. The van der Waals surface area contributed by atoms with Crippen LogP contribution in [0.4, 0.5) is 0 Å². The van der Waals surface area contributed by atoms with Crippen LogP contribution in [-0.4, -0.2) is 6.29 Å². The maximum absolute atomic E-state index is 10.00. The summed E-state index contributed by atoms with van der Waals surface area (Å²) in [6, 6.07) is 5.65. The van der Waals surface area contributed by atoms with Crippen molar-refractivity contribution in [2.24, 2.45) is 0 Å². The molecule has 0 atom stereocenters. The maximum atomic E-state index is 10.00. The first-order valence-electron chi connectivity index (χ1n) is 3.92. The number of carbonyl (C=O) groups is 1. The number of hydrogen-bond donors (Lipinski definition) is 0. The first kappa shape index (κ1) is 9.83. The summed E-state index contributed by atoms with van der Waals surface area (Å²) in [5.41, 5.74) is 1.88. The van der Waals surface area contributed by atoms with Crippen LogP contribution in [0.25, 0.3) is 0 Å². The quantitative estimate of drug-likeness (QED) is 0.494. The maximum Gasteiger partial charge on any atom is 0.131 e. The highest BCUT2D eigenvalue weighted by molar-refractivity contribution is 6.31. The zero-order valence-corrected chi connectivity index (χ0v) is 8.06. The van der Waals surface area contributed by atoms with Crippen molar-refractivity contribution in [1.29, 1.82) is 0 Å². The summed E-state index contributed by atoms with van der Waals surface area (Å²) in [5.74, 6) is 5.54. The standard InChI is InChI=1S/C11H9ClO/c1-9-5-6-10(11(12)8-9)4-2-3-7-13/h5-8H,3H2,1H3. The van der Waals surface area contributed by atoms with E-state index >= 15 is 0 Å². The minimum absolute atomic E-state index is 0.254. The Balaban J connectivity index is 2.91. The van der Waals surface area contributed by atoms with Gasteiger partial charge in [0.25, 0.3) is 0 Å². The molecule has 0 radical (unpaired) electrons. The number of rotatable bonds is 1. The van der Waals surface area contributed by atoms with Crippen molar-refractivity contribution >= 4 is 17.9 Å². The molecule has 1 aromatic carbocycles. The second-order valence-corrected chi connectivity index (χ2v) is 3.06. The fourth-order valence-corrected chi connectivity index (χ4v) is 1.19. The molecule has 0 unspecified atom stereocenters. The van der Waals surface area contributed by atoms with E-state index in [1.54, 1.807) is 0 Å². The molecule has 66 valence electrons. The minimum atomic E-state index is 0.254. The van der Waals surface area contributed by atoms with Gasteiger partial charge < -0.3 is 4.79 Å². The van der Waals surface area contributed by atoms with Crippen molar-refractivity contribution in [1.82, 2.24) is 0 Å². The van der Waals surface area contributed by atoms with Crippen LogP contribution < -0.4 is 0 Å². The van der Waals surface area contributed by atoms with Gasteiger partial charge in [0.2, 0.25) is 0 Å². The van der Waals surface area contributed by atoms with Gasteiger partial charge >= 0.3 is 0 Å². The molecule has 2 heteroatoms. The molecule has 0 amide bonds. The van der Waals surface area contributed by atoms with Crippen molar-refractivity contribution in [3.63, 3.8) is 0 Å². The summed E-state index contributed by atoms with van der Waals surface area (Å²) in [4.78, 5) is 10.00. The molecule has 0 saturated heterocycles. The van der Waals surface area contributed by atoms with E-state index in [9.17, 15) is 4.79 Å². The summed E-state index contributed by atoms with van der Waals surface area (Å²) in [6.45, 7) is 1.97. The third-order valence-corrected chi connectivity index (χ3v) is 1.85. The van der Waals surface area contributed by atoms with E-state index in [4.69, 9.17) is 11.6 Å². The molecular weight excluding hydrogens is 184 g/mol. The van der Waals surface area contributed by atoms with Gasteiger partial charge in [-0.25, -0.2) is 0 Å². The molecule has 1 rings (SSSR count). The summed E-state index contributed by atoms with van der Waals surface area (Å²) in [7, 11) is 0. The number of benzene rings is 1. The summed E-state index contributed by atoms with van der Waals surface area (Å²) in [5, 5.41) is 0.637. The van der Waals surface area contributed by atoms with Crippen LogP contribution in [0.2, 0.25) is 5.02 Å². The highest BCUT2D eigenvalue weighted by Gasteiger charge is 1.95. The first-order chi connectivity index (χ1) is 6.24. The molecule has 0 N–H and O–H groups in total. The Kier molecular flexibility index (Phi) is 3.54. The molecule has 0 bridgehead atoms. The number of aldehydes is 1. The summed E-state index contributed by atoms with van der Waals surface area (Å²) < 4.78 is 0. The molecule has 1 nitrogen and oxygen atoms in total. The highest BCUT2D eigenvalue weighted by Crippen LogP contribution is 2.16. The van der Waals surface area contributed by atoms with E-state index < -0.39 is 0 Å². The smallest absolute Gasteiger partial charge is 0.131 e. The lowest BCUT2D eigenvalue weighted by molar-refractivity contribution is -0.107. The Bertz CT molecular complexity index is 371. The largest absolute Gasteiger partial charge is 0.302 e. The van der Waals surface area contributed by atoms with Gasteiger partial charge in [0, 0.05) is 5.56 Å².